The Bertz CT molecular complexity index is 912. The molecule has 4 N–H and O–H groups in total. The molecule has 0 saturated heterocycles. The van der Waals surface area contributed by atoms with Crippen LogP contribution in [0.4, 0.5) is 16.4 Å². The molecule has 28 heavy (non-hydrogen) atoms. The largest absolute Gasteiger partial charge is 0.364 e. The number of carbonyl (C=O) groups excluding carboxylic acids is 2. The third-order valence-electron chi connectivity index (χ3n) is 3.42. The van der Waals surface area contributed by atoms with Gasteiger partial charge in [-0.2, -0.15) is 0 Å². The normalized spacial score (nSPS) is 9.79. The third kappa shape index (κ3) is 6.44. The molecule has 8 nitrogen and oxygen atoms in total. The first-order valence-corrected chi connectivity index (χ1v) is 9.62. The van der Waals surface area contributed by atoms with Crippen LogP contribution in [0.15, 0.2) is 48.1 Å². The average Bonchev–Trinajstić information content (AvgIpc) is 3.17. The van der Waals surface area contributed by atoms with E-state index in [4.69, 9.17) is 5.73 Å². The maximum Gasteiger partial charge on any atom is 0.326 e. The Labute approximate surface area is 167 Å². The van der Waals surface area contributed by atoms with Crippen molar-refractivity contribution in [3.05, 3.63) is 53.8 Å². The van der Waals surface area contributed by atoms with E-state index < -0.39 is 11.9 Å². The van der Waals surface area contributed by atoms with Gasteiger partial charge in [-0.1, -0.05) is 32.8 Å². The highest BCUT2D eigenvalue weighted by molar-refractivity contribution is 7.13. The van der Waals surface area contributed by atoms with Gasteiger partial charge in [0.25, 0.3) is 5.91 Å². The second-order valence-electron chi connectivity index (χ2n) is 5.63. The maximum absolute atomic E-state index is 12.0. The monoisotopic (exact) mass is 398 g/mol. The zero-order valence-electron chi connectivity index (χ0n) is 15.7. The average molecular weight is 398 g/mol. The molecule has 0 bridgehead atoms. The van der Waals surface area contributed by atoms with Crippen molar-refractivity contribution in [3.8, 4) is 10.6 Å². The van der Waals surface area contributed by atoms with Gasteiger partial charge in [-0.15, -0.1) is 11.3 Å². The van der Waals surface area contributed by atoms with Crippen molar-refractivity contribution < 1.29 is 9.59 Å². The molecule has 0 aliphatic carbocycles. The van der Waals surface area contributed by atoms with E-state index in [-0.39, 0.29) is 11.5 Å². The van der Waals surface area contributed by atoms with Crippen LogP contribution in [0, 0.1) is 0 Å². The summed E-state index contributed by atoms with van der Waals surface area (Å²) < 4.78 is 0. The van der Waals surface area contributed by atoms with Crippen LogP contribution >= 0.6 is 11.3 Å². The number of pyridine rings is 2. The van der Waals surface area contributed by atoms with Crippen LogP contribution in [0.2, 0.25) is 0 Å². The number of primary amides is 1. The molecule has 3 aromatic heterocycles. The zero-order valence-corrected chi connectivity index (χ0v) is 16.5. The Kier molecular flexibility index (Phi) is 8.04. The highest BCUT2D eigenvalue weighted by Crippen LogP contribution is 2.25. The molecule has 0 radical (unpaired) electrons. The van der Waals surface area contributed by atoms with Gasteiger partial charge in [-0.05, 0) is 24.3 Å². The molecule has 3 amide bonds. The van der Waals surface area contributed by atoms with Crippen LogP contribution in [0.1, 0.15) is 37.2 Å². The molecule has 146 valence electrons. The molecule has 0 aliphatic heterocycles. The molecule has 3 rings (SSSR count). The quantitative estimate of drug-likeness (QED) is 0.596. The first kappa shape index (κ1) is 21.0. The number of nitrogens with two attached hydrogens (primary N) is 1. The Hall–Kier alpha value is -3.33. The van der Waals surface area contributed by atoms with Gasteiger partial charge in [0.15, 0.2) is 0 Å². The number of anilines is 2. The second-order valence-corrected chi connectivity index (χ2v) is 6.48. The minimum atomic E-state index is -0.666. The van der Waals surface area contributed by atoms with Crippen LogP contribution in [-0.4, -0.2) is 26.9 Å². The van der Waals surface area contributed by atoms with E-state index in [1.54, 1.807) is 29.9 Å². The van der Waals surface area contributed by atoms with Crippen molar-refractivity contribution in [2.24, 2.45) is 5.73 Å². The fourth-order valence-electron chi connectivity index (χ4n) is 1.86. The van der Waals surface area contributed by atoms with E-state index in [1.165, 1.54) is 30.2 Å². The van der Waals surface area contributed by atoms with Crippen molar-refractivity contribution in [2.45, 2.75) is 26.7 Å². The van der Waals surface area contributed by atoms with Crippen molar-refractivity contribution in [2.75, 3.05) is 10.6 Å². The Morgan fingerprint density at radius 1 is 1.00 bits per heavy atom. The number of hydrogen-bond donors (Lipinski definition) is 3. The van der Waals surface area contributed by atoms with Gasteiger partial charge in [0.05, 0.1) is 0 Å². The first-order valence-electron chi connectivity index (χ1n) is 8.74. The topological polar surface area (TPSA) is 123 Å². The summed E-state index contributed by atoms with van der Waals surface area (Å²) in [6.45, 7) is 4.36. The van der Waals surface area contributed by atoms with E-state index in [2.05, 4.69) is 39.4 Å². The highest BCUT2D eigenvalue weighted by atomic mass is 32.1. The summed E-state index contributed by atoms with van der Waals surface area (Å²) in [7, 11) is 0. The summed E-state index contributed by atoms with van der Waals surface area (Å²) in [4.78, 5) is 35.3. The van der Waals surface area contributed by atoms with Crippen molar-refractivity contribution in [3.63, 3.8) is 0 Å². The lowest BCUT2D eigenvalue weighted by atomic mass is 10.3. The summed E-state index contributed by atoms with van der Waals surface area (Å²) in [5.74, 6) is -0.0377. The van der Waals surface area contributed by atoms with Crippen LogP contribution in [0.5, 0.6) is 0 Å². The molecule has 9 heteroatoms. The van der Waals surface area contributed by atoms with E-state index in [9.17, 15) is 9.59 Å². The SMILES string of the molecule is CCCC.NC(=O)c1cccc(NC(=O)Nc2csc(-c3ccncc3)n2)n1. The van der Waals surface area contributed by atoms with E-state index in [1.807, 2.05) is 12.1 Å². The number of unbranched alkanes of at least 4 members (excludes halogenated alkanes) is 1. The number of rotatable bonds is 5. The number of nitrogens with zero attached hydrogens (tertiary/aromatic N) is 3. The smallest absolute Gasteiger partial charge is 0.326 e. The summed E-state index contributed by atoms with van der Waals surface area (Å²) in [6, 6.07) is 7.75. The van der Waals surface area contributed by atoms with Gasteiger partial charge in [-0.25, -0.2) is 14.8 Å². The Balaban J connectivity index is 0.000000640. The minimum absolute atomic E-state index is 0.0708. The standard InChI is InChI=1S/C15H12N6O2S.C4H10/c16-13(22)10-2-1-3-11(18-10)20-15(23)21-12-8-24-14(19-12)9-4-6-17-7-5-9;1-3-4-2/h1-8H,(H2,16,22)(H2,18,20,21,23);3-4H2,1-2H3. The molecule has 0 atom stereocenters. The molecule has 3 aromatic rings. The molecule has 0 aromatic carbocycles. The fourth-order valence-corrected chi connectivity index (χ4v) is 2.62. The molecule has 0 aliphatic rings. The molecular weight excluding hydrogens is 376 g/mol. The minimum Gasteiger partial charge on any atom is -0.364 e. The zero-order chi connectivity index (χ0) is 20.4. The Morgan fingerprint density at radius 2 is 1.68 bits per heavy atom. The maximum atomic E-state index is 12.0. The van der Waals surface area contributed by atoms with Gasteiger partial charge in [0, 0.05) is 23.3 Å². The van der Waals surface area contributed by atoms with Crippen molar-refractivity contribution in [1.29, 1.82) is 0 Å². The van der Waals surface area contributed by atoms with Gasteiger partial charge in [0.1, 0.15) is 22.3 Å². The van der Waals surface area contributed by atoms with Gasteiger partial charge in [0.2, 0.25) is 0 Å². The summed E-state index contributed by atoms with van der Waals surface area (Å²) >= 11 is 1.40. The van der Waals surface area contributed by atoms with Crippen LogP contribution in [-0.2, 0) is 0 Å². The third-order valence-corrected chi connectivity index (χ3v) is 4.31. The van der Waals surface area contributed by atoms with Crippen LogP contribution < -0.4 is 16.4 Å². The number of amides is 3. The predicted molar refractivity (Wildman–Crippen MR) is 111 cm³/mol. The number of thiazole rings is 1. The van der Waals surface area contributed by atoms with Crippen molar-refractivity contribution >= 4 is 34.9 Å². The molecular formula is C19H22N6O2S. The number of nitrogens with one attached hydrogen (secondary N) is 2. The predicted octanol–water partition coefficient (Wildman–Crippen LogP) is 4.15. The lowest BCUT2D eigenvalue weighted by molar-refractivity contribution is 0.0995. The highest BCUT2D eigenvalue weighted by Gasteiger charge is 2.09. The van der Waals surface area contributed by atoms with E-state index >= 15 is 0 Å². The summed E-state index contributed by atoms with van der Waals surface area (Å²) in [5.41, 5.74) is 6.14. The molecule has 0 unspecified atom stereocenters. The molecule has 0 saturated carbocycles. The first-order chi connectivity index (χ1) is 13.5. The van der Waals surface area contributed by atoms with Gasteiger partial charge in [-0.3, -0.25) is 20.4 Å². The summed E-state index contributed by atoms with van der Waals surface area (Å²) in [5, 5.41) is 7.62. The molecule has 0 fully saturated rings. The number of carbonyl (C=O) groups is 2. The fraction of sp³-hybridized carbons (Fsp3) is 0.211. The number of aromatic nitrogens is 3. The van der Waals surface area contributed by atoms with Crippen molar-refractivity contribution in [1.82, 2.24) is 15.0 Å². The molecule has 0 spiro atoms. The summed E-state index contributed by atoms with van der Waals surface area (Å²) in [6.07, 6.45) is 5.99. The number of urea groups is 1. The second kappa shape index (κ2) is 10.7. The Morgan fingerprint density at radius 3 is 2.32 bits per heavy atom. The van der Waals surface area contributed by atoms with E-state index in [0.29, 0.717) is 5.82 Å². The number of hydrogen-bond acceptors (Lipinski definition) is 6. The molecule has 3 heterocycles. The lowest BCUT2D eigenvalue weighted by Crippen LogP contribution is -2.21. The van der Waals surface area contributed by atoms with Crippen LogP contribution in [0.3, 0.4) is 0 Å². The van der Waals surface area contributed by atoms with E-state index in [0.717, 1.165) is 10.6 Å². The van der Waals surface area contributed by atoms with Gasteiger partial charge < -0.3 is 5.73 Å². The van der Waals surface area contributed by atoms with Gasteiger partial charge >= 0.3 is 6.03 Å². The lowest BCUT2D eigenvalue weighted by Gasteiger charge is -2.05. The van der Waals surface area contributed by atoms with Crippen LogP contribution in [0.25, 0.3) is 10.6 Å².